The molecule has 8 nitrogen and oxygen atoms in total. The normalized spacial score (nSPS) is 23.9. The van der Waals surface area contributed by atoms with E-state index in [-0.39, 0.29) is 12.4 Å². The van der Waals surface area contributed by atoms with Crippen molar-refractivity contribution in [3.8, 4) is 0 Å². The number of hydrogen-bond acceptors (Lipinski definition) is 6. The molecule has 3 rings (SSSR count). The second-order valence-corrected chi connectivity index (χ2v) is 15.5. The van der Waals surface area contributed by atoms with Crippen molar-refractivity contribution in [2.45, 2.75) is 54.7 Å². The number of rotatable bonds is 16. The molecule has 1 amide bonds. The van der Waals surface area contributed by atoms with E-state index in [0.29, 0.717) is 42.0 Å². The predicted molar refractivity (Wildman–Crippen MR) is 171 cm³/mol. The van der Waals surface area contributed by atoms with Crippen molar-refractivity contribution >= 4 is 38.5 Å². The Morgan fingerprint density at radius 2 is 1.98 bits per heavy atom. The lowest BCUT2D eigenvalue weighted by Gasteiger charge is -2.40. The van der Waals surface area contributed by atoms with E-state index in [1.807, 2.05) is 43.5 Å². The molecule has 0 bridgehead atoms. The van der Waals surface area contributed by atoms with Crippen molar-refractivity contribution in [1.29, 1.82) is 0 Å². The maximum Gasteiger partial charge on any atom is 0.289 e. The molecule has 5 atom stereocenters. The van der Waals surface area contributed by atoms with Crippen molar-refractivity contribution in [1.82, 2.24) is 14.5 Å². The molecule has 2 aliphatic carbocycles. The highest BCUT2D eigenvalue weighted by molar-refractivity contribution is 14.1. The van der Waals surface area contributed by atoms with Gasteiger partial charge in [0.1, 0.15) is 6.61 Å². The molecule has 1 fully saturated rings. The molecule has 42 heavy (non-hydrogen) atoms. The van der Waals surface area contributed by atoms with Crippen LogP contribution in [0.5, 0.6) is 0 Å². The maximum absolute atomic E-state index is 13.8. The Labute approximate surface area is 262 Å². The van der Waals surface area contributed by atoms with Crippen molar-refractivity contribution < 1.29 is 26.7 Å². The third-order valence-electron chi connectivity index (χ3n) is 8.03. The van der Waals surface area contributed by atoms with Crippen LogP contribution >= 0.6 is 22.6 Å². The van der Waals surface area contributed by atoms with Crippen LogP contribution in [0.4, 0.5) is 8.78 Å². The van der Waals surface area contributed by atoms with Crippen LogP contribution in [0.25, 0.3) is 0 Å². The Morgan fingerprint density at radius 3 is 2.55 bits per heavy atom. The van der Waals surface area contributed by atoms with E-state index in [1.54, 1.807) is 13.0 Å². The maximum atomic E-state index is 13.8. The van der Waals surface area contributed by atoms with Gasteiger partial charge in [0.05, 0.1) is 21.9 Å². The summed E-state index contributed by atoms with van der Waals surface area (Å²) in [5.74, 6) is -2.51. The number of ether oxygens (including phenoxy) is 1. The van der Waals surface area contributed by atoms with Crippen molar-refractivity contribution in [2.75, 3.05) is 39.6 Å². The van der Waals surface area contributed by atoms with Gasteiger partial charge in [0.25, 0.3) is 11.8 Å². The molecule has 12 heteroatoms. The third kappa shape index (κ3) is 9.31. The highest BCUT2D eigenvalue weighted by atomic mass is 127. The fraction of sp³-hybridized carbons (Fsp3) is 0.567. The molecular weight excluding hydrogens is 677 g/mol. The first-order valence-corrected chi connectivity index (χ1v) is 16.8. The lowest BCUT2D eigenvalue weighted by atomic mass is 9.96. The average molecular weight is 721 g/mol. The summed E-state index contributed by atoms with van der Waals surface area (Å²) in [5.41, 5.74) is 8.12. The van der Waals surface area contributed by atoms with Gasteiger partial charge in [0.15, 0.2) is 0 Å². The average Bonchev–Trinajstić information content (AvgIpc) is 3.65. The Balaban J connectivity index is 1.89. The minimum absolute atomic E-state index is 0.0747. The van der Waals surface area contributed by atoms with Crippen molar-refractivity contribution in [3.63, 3.8) is 0 Å². The van der Waals surface area contributed by atoms with E-state index in [1.165, 1.54) is 11.4 Å². The van der Waals surface area contributed by atoms with Gasteiger partial charge in [-0.2, -0.15) is 8.78 Å². The van der Waals surface area contributed by atoms with Crippen molar-refractivity contribution in [3.05, 3.63) is 72.0 Å². The zero-order chi connectivity index (χ0) is 31.3. The Morgan fingerprint density at radius 1 is 1.33 bits per heavy atom. The molecule has 0 aromatic heterocycles. The molecule has 0 radical (unpaired) electrons. The number of alkyl halides is 3. The first kappa shape index (κ1) is 34.6. The number of nitrogens with one attached hydrogen (secondary N) is 1. The third-order valence-corrected chi connectivity index (χ3v) is 11.3. The minimum Gasteiger partial charge on any atom is -0.373 e. The molecule has 234 valence electrons. The Bertz CT molecular complexity index is 1280. The summed E-state index contributed by atoms with van der Waals surface area (Å²) in [6.07, 6.45) is 5.89. The lowest BCUT2D eigenvalue weighted by molar-refractivity contribution is -0.118. The second-order valence-electron chi connectivity index (χ2n) is 11.4. The molecule has 0 aliphatic heterocycles. The number of likely N-dealkylation sites (N-methyl/N-ethyl adjacent to an activating group) is 1. The first-order valence-electron chi connectivity index (χ1n) is 14.1. The minimum atomic E-state index is -3.56. The smallest absolute Gasteiger partial charge is 0.289 e. The van der Waals surface area contributed by atoms with E-state index >= 15 is 0 Å². The number of nitrogens with zero attached hydrogens (tertiary/aromatic N) is 2. The highest BCUT2D eigenvalue weighted by Gasteiger charge is 2.42. The summed E-state index contributed by atoms with van der Waals surface area (Å²) in [6, 6.07) is 7.94. The van der Waals surface area contributed by atoms with Crippen LogP contribution in [0.15, 0.2) is 66.4 Å². The van der Waals surface area contributed by atoms with Crippen LogP contribution in [0.3, 0.4) is 0 Å². The summed E-state index contributed by atoms with van der Waals surface area (Å²) < 4.78 is 58.7. The molecule has 1 aromatic rings. The van der Waals surface area contributed by atoms with Crippen molar-refractivity contribution in [2.24, 2.45) is 17.6 Å². The van der Waals surface area contributed by atoms with Crippen LogP contribution in [-0.2, 0) is 26.0 Å². The van der Waals surface area contributed by atoms with Crippen LogP contribution in [0.1, 0.15) is 32.3 Å². The standard InChI is InChI=1S/C30H43F2IN4O4S/c1-6-29(31,32)20-41-19-26(34)27(14-22-11-9-8-10-12-22)35-28(38)23-15-25(37(5)42(39,40)7-2)17-30(33,16-23)36(4)18-24-13-21(24)3/h6,8-12,15-16,21,24,26-27H,1,7,13-14,17-20,34H2,2-5H3,(H,35,38)/t21?,24?,26-,27-,30?/m0/s1. The van der Waals surface area contributed by atoms with Gasteiger partial charge >= 0.3 is 0 Å². The number of halogens is 3. The van der Waals surface area contributed by atoms with E-state index in [0.717, 1.165) is 18.5 Å². The molecule has 0 spiro atoms. The fourth-order valence-corrected chi connectivity index (χ4v) is 6.64. The molecule has 3 N–H and O–H groups in total. The molecule has 0 heterocycles. The topological polar surface area (TPSA) is 105 Å². The summed E-state index contributed by atoms with van der Waals surface area (Å²) in [4.78, 5) is 16.0. The molecule has 3 unspecified atom stereocenters. The van der Waals surface area contributed by atoms with Gasteiger partial charge in [-0.25, -0.2) is 8.42 Å². The fourth-order valence-electron chi connectivity index (χ4n) is 4.86. The van der Waals surface area contributed by atoms with E-state index in [4.69, 9.17) is 10.5 Å². The zero-order valence-corrected chi connectivity index (χ0v) is 27.7. The monoisotopic (exact) mass is 720 g/mol. The summed E-state index contributed by atoms with van der Waals surface area (Å²) in [7, 11) is -0.0634. The molecule has 0 saturated heterocycles. The van der Waals surface area contributed by atoms with Crippen LogP contribution < -0.4 is 11.1 Å². The van der Waals surface area contributed by atoms with Crippen LogP contribution in [0, 0.1) is 11.8 Å². The molecule has 1 saturated carbocycles. The van der Waals surface area contributed by atoms with Crippen LogP contribution in [-0.4, -0.2) is 84.7 Å². The van der Waals surface area contributed by atoms with E-state index in [2.05, 4.69) is 46.3 Å². The quantitative estimate of drug-likeness (QED) is 0.116. The number of amides is 1. The molecule has 2 aliphatic rings. The first-order chi connectivity index (χ1) is 19.6. The Kier molecular flexibility index (Phi) is 11.8. The van der Waals surface area contributed by atoms with Crippen LogP contribution in [0.2, 0.25) is 0 Å². The van der Waals surface area contributed by atoms with Gasteiger partial charge < -0.3 is 15.8 Å². The van der Waals surface area contributed by atoms with Gasteiger partial charge in [-0.3, -0.25) is 14.0 Å². The largest absolute Gasteiger partial charge is 0.373 e. The number of benzene rings is 1. The number of carbonyl (C=O) groups excluding carboxylic acids is 1. The SMILES string of the molecule is C=CC(F)(F)COC[C@H](N)[C@H](Cc1ccccc1)NC(=O)C1=CC(I)(N(C)CC2CC2C)CC(N(C)S(=O)(=O)CC)=C1. The Hall–Kier alpha value is -1.87. The highest BCUT2D eigenvalue weighted by Crippen LogP contribution is 2.43. The van der Waals surface area contributed by atoms with Gasteiger partial charge in [0.2, 0.25) is 10.0 Å². The predicted octanol–water partition coefficient (Wildman–Crippen LogP) is 4.09. The summed E-state index contributed by atoms with van der Waals surface area (Å²) >= 11 is 2.30. The second kappa shape index (κ2) is 14.3. The van der Waals surface area contributed by atoms with Gasteiger partial charge in [-0.05, 0) is 62.4 Å². The van der Waals surface area contributed by atoms with Gasteiger partial charge in [0, 0.05) is 37.3 Å². The summed E-state index contributed by atoms with van der Waals surface area (Å²) in [6.45, 7) is 6.66. The number of nitrogens with two attached hydrogens (primary N) is 1. The van der Waals surface area contributed by atoms with E-state index < -0.39 is 44.1 Å². The lowest BCUT2D eigenvalue weighted by Crippen LogP contribution is -2.52. The number of carbonyl (C=O) groups is 1. The molecule has 1 aromatic carbocycles. The number of hydrogen-bond donors (Lipinski definition) is 2. The van der Waals surface area contributed by atoms with Gasteiger partial charge in [-0.15, -0.1) is 0 Å². The molecular formula is C30H43F2IN4O4S. The van der Waals surface area contributed by atoms with E-state index in [9.17, 15) is 22.0 Å². The zero-order valence-electron chi connectivity index (χ0n) is 24.7. The number of sulfonamides is 1. The van der Waals surface area contributed by atoms with Gasteiger partial charge in [-0.1, -0.05) is 66.4 Å². The summed E-state index contributed by atoms with van der Waals surface area (Å²) in [5, 5.41) is 2.99.